The van der Waals surface area contributed by atoms with E-state index in [0.717, 1.165) is 11.8 Å². The smallest absolute Gasteiger partial charge is 0.0388 e. The van der Waals surface area contributed by atoms with Gasteiger partial charge in [0.1, 0.15) is 0 Å². The minimum absolute atomic E-state index is 1.00. The van der Waals surface area contributed by atoms with Gasteiger partial charge in [-0.25, -0.2) is 0 Å². The van der Waals surface area contributed by atoms with Crippen LogP contribution in [-0.4, -0.2) is 0 Å². The molecule has 0 nitrogen and oxygen atoms in total. The molecular formula is C11H22. The van der Waals surface area contributed by atoms with E-state index < -0.39 is 0 Å². The predicted molar refractivity (Wildman–Crippen MR) is 50.6 cm³/mol. The summed E-state index contributed by atoms with van der Waals surface area (Å²) in [5.74, 6) is 2.07. The van der Waals surface area contributed by atoms with E-state index in [-0.39, 0.29) is 0 Å². The van der Waals surface area contributed by atoms with E-state index in [1.165, 1.54) is 44.9 Å². The monoisotopic (exact) mass is 154 g/mol. The predicted octanol–water partition coefficient (Wildman–Crippen LogP) is 4.00. The highest BCUT2D eigenvalue weighted by Crippen LogP contribution is 2.31. The summed E-state index contributed by atoms with van der Waals surface area (Å²) < 4.78 is 0. The van der Waals surface area contributed by atoms with Crippen molar-refractivity contribution in [1.29, 1.82) is 0 Å². The van der Waals surface area contributed by atoms with E-state index in [0.29, 0.717) is 0 Å². The molecule has 0 aromatic heterocycles. The van der Waals surface area contributed by atoms with Crippen molar-refractivity contribution in [2.45, 2.75) is 58.8 Å². The lowest BCUT2D eigenvalue weighted by Gasteiger charge is -2.27. The summed E-state index contributed by atoms with van der Waals surface area (Å²) in [4.78, 5) is 0. The quantitative estimate of drug-likeness (QED) is 0.576. The van der Waals surface area contributed by atoms with Gasteiger partial charge >= 0.3 is 0 Å². The second-order valence-corrected chi connectivity index (χ2v) is 4.16. The van der Waals surface area contributed by atoms with Gasteiger partial charge in [-0.3, -0.25) is 0 Å². The van der Waals surface area contributed by atoms with Gasteiger partial charge in [0.15, 0.2) is 0 Å². The molecule has 1 fully saturated rings. The highest BCUT2D eigenvalue weighted by atomic mass is 14.2. The Labute approximate surface area is 71.4 Å². The first-order chi connectivity index (χ1) is 5.34. The number of hydrogen-bond donors (Lipinski definition) is 0. The molecule has 66 valence electrons. The third kappa shape index (κ3) is 2.84. The van der Waals surface area contributed by atoms with Crippen molar-refractivity contribution in [1.82, 2.24) is 0 Å². The fourth-order valence-electron chi connectivity index (χ4n) is 2.39. The summed E-state index contributed by atoms with van der Waals surface area (Å²) >= 11 is 0. The topological polar surface area (TPSA) is 0 Å². The molecule has 11 heavy (non-hydrogen) atoms. The molecule has 0 bridgehead atoms. The van der Waals surface area contributed by atoms with Gasteiger partial charge in [0, 0.05) is 0 Å². The Bertz CT molecular complexity index is 90.2. The minimum atomic E-state index is 1.00. The summed E-state index contributed by atoms with van der Waals surface area (Å²) in [5.41, 5.74) is 0. The molecule has 0 heterocycles. The number of hydrogen-bond acceptors (Lipinski definition) is 0. The third-order valence-corrected chi connectivity index (χ3v) is 3.20. The van der Waals surface area contributed by atoms with Crippen LogP contribution in [0.25, 0.3) is 0 Å². The Morgan fingerprint density at radius 1 is 1.18 bits per heavy atom. The van der Waals surface area contributed by atoms with Gasteiger partial charge in [-0.2, -0.15) is 0 Å². The largest absolute Gasteiger partial charge is 0.0654 e. The van der Waals surface area contributed by atoms with Gasteiger partial charge in [0.2, 0.25) is 0 Å². The Balaban J connectivity index is 2.21. The van der Waals surface area contributed by atoms with Crippen LogP contribution in [0.3, 0.4) is 0 Å². The van der Waals surface area contributed by atoms with Crippen LogP contribution in [0.5, 0.6) is 0 Å². The molecule has 1 atom stereocenters. The summed E-state index contributed by atoms with van der Waals surface area (Å²) in [7, 11) is 0. The summed E-state index contributed by atoms with van der Waals surface area (Å²) in [5, 5.41) is 0. The first-order valence-electron chi connectivity index (χ1n) is 5.34. The molecule has 0 radical (unpaired) electrons. The lowest BCUT2D eigenvalue weighted by atomic mass is 9.79. The van der Waals surface area contributed by atoms with Crippen LogP contribution in [0.2, 0.25) is 0 Å². The molecule has 0 unspecified atom stereocenters. The van der Waals surface area contributed by atoms with Crippen LogP contribution in [0.1, 0.15) is 58.8 Å². The van der Waals surface area contributed by atoms with Crippen molar-refractivity contribution in [2.24, 2.45) is 11.8 Å². The molecule has 0 aromatic carbocycles. The van der Waals surface area contributed by atoms with Crippen LogP contribution in [0, 0.1) is 11.8 Å². The Kier molecular flexibility index (Phi) is 3.96. The Hall–Kier alpha value is 0. The normalized spacial score (nSPS) is 23.5. The molecule has 0 aromatic rings. The SMILES string of the molecule is CCC[C@H](C)C1CCCCC1. The van der Waals surface area contributed by atoms with Gasteiger partial charge in [0.05, 0.1) is 0 Å². The van der Waals surface area contributed by atoms with Crippen molar-refractivity contribution >= 4 is 0 Å². The fraction of sp³-hybridized carbons (Fsp3) is 1.00. The average Bonchev–Trinajstić information content (AvgIpc) is 2.07. The molecule has 1 aliphatic rings. The van der Waals surface area contributed by atoms with Crippen LogP contribution in [-0.2, 0) is 0 Å². The van der Waals surface area contributed by atoms with Crippen LogP contribution in [0.4, 0.5) is 0 Å². The van der Waals surface area contributed by atoms with E-state index in [1.807, 2.05) is 0 Å². The maximum absolute atomic E-state index is 2.44. The zero-order chi connectivity index (χ0) is 8.10. The lowest BCUT2D eigenvalue weighted by molar-refractivity contribution is 0.251. The maximum Gasteiger partial charge on any atom is -0.0388 e. The Morgan fingerprint density at radius 3 is 2.36 bits per heavy atom. The molecular weight excluding hydrogens is 132 g/mol. The van der Waals surface area contributed by atoms with Crippen molar-refractivity contribution in [2.75, 3.05) is 0 Å². The molecule has 1 rings (SSSR count). The van der Waals surface area contributed by atoms with Crippen molar-refractivity contribution in [3.8, 4) is 0 Å². The highest BCUT2D eigenvalue weighted by Gasteiger charge is 2.18. The molecule has 0 heteroatoms. The van der Waals surface area contributed by atoms with E-state index in [9.17, 15) is 0 Å². The van der Waals surface area contributed by atoms with Gasteiger partial charge in [-0.15, -0.1) is 0 Å². The average molecular weight is 154 g/mol. The van der Waals surface area contributed by atoms with E-state index in [2.05, 4.69) is 13.8 Å². The Morgan fingerprint density at radius 2 is 1.82 bits per heavy atom. The molecule has 1 saturated carbocycles. The van der Waals surface area contributed by atoms with E-state index in [1.54, 1.807) is 0 Å². The summed E-state index contributed by atoms with van der Waals surface area (Å²) in [6.45, 7) is 4.75. The lowest BCUT2D eigenvalue weighted by Crippen LogP contribution is -2.14. The summed E-state index contributed by atoms with van der Waals surface area (Å²) in [6, 6.07) is 0. The molecule has 1 aliphatic carbocycles. The number of rotatable bonds is 3. The van der Waals surface area contributed by atoms with Gasteiger partial charge in [-0.1, -0.05) is 58.8 Å². The molecule has 0 spiro atoms. The third-order valence-electron chi connectivity index (χ3n) is 3.20. The molecule has 0 amide bonds. The van der Waals surface area contributed by atoms with E-state index in [4.69, 9.17) is 0 Å². The van der Waals surface area contributed by atoms with Crippen LogP contribution in [0.15, 0.2) is 0 Å². The second kappa shape index (κ2) is 4.79. The zero-order valence-corrected chi connectivity index (χ0v) is 8.10. The first-order valence-corrected chi connectivity index (χ1v) is 5.34. The van der Waals surface area contributed by atoms with Crippen molar-refractivity contribution in [3.63, 3.8) is 0 Å². The zero-order valence-electron chi connectivity index (χ0n) is 8.10. The van der Waals surface area contributed by atoms with E-state index >= 15 is 0 Å². The van der Waals surface area contributed by atoms with Gasteiger partial charge < -0.3 is 0 Å². The van der Waals surface area contributed by atoms with Crippen molar-refractivity contribution < 1.29 is 0 Å². The fourth-order valence-corrected chi connectivity index (χ4v) is 2.39. The maximum atomic E-state index is 2.44. The second-order valence-electron chi connectivity index (χ2n) is 4.16. The standard InChI is InChI=1S/C11H22/c1-3-7-10(2)11-8-5-4-6-9-11/h10-11H,3-9H2,1-2H3/t10-/m0/s1. The first kappa shape index (κ1) is 9.09. The molecule has 0 aliphatic heterocycles. The highest BCUT2D eigenvalue weighted by molar-refractivity contribution is 4.70. The minimum Gasteiger partial charge on any atom is -0.0654 e. The van der Waals surface area contributed by atoms with Gasteiger partial charge in [0.25, 0.3) is 0 Å². The van der Waals surface area contributed by atoms with Gasteiger partial charge in [-0.05, 0) is 11.8 Å². The van der Waals surface area contributed by atoms with Crippen molar-refractivity contribution in [3.05, 3.63) is 0 Å². The molecule has 0 N–H and O–H groups in total. The van der Waals surface area contributed by atoms with Crippen LogP contribution >= 0.6 is 0 Å². The molecule has 0 saturated heterocycles. The van der Waals surface area contributed by atoms with Crippen LogP contribution < -0.4 is 0 Å². The summed E-state index contributed by atoms with van der Waals surface area (Å²) in [6.07, 6.45) is 10.3.